The lowest BCUT2D eigenvalue weighted by Crippen LogP contribution is -2.41. The molecule has 2 nitrogen and oxygen atoms in total. The van der Waals surface area contributed by atoms with Crippen LogP contribution in [0.15, 0.2) is 0 Å². The molecule has 74 valence electrons. The molecule has 0 aromatic carbocycles. The Morgan fingerprint density at radius 3 is 2.85 bits per heavy atom. The molecule has 1 aliphatic heterocycles. The van der Waals surface area contributed by atoms with Crippen LogP contribution in [0.25, 0.3) is 0 Å². The summed E-state index contributed by atoms with van der Waals surface area (Å²) in [4.78, 5) is 2.47. The fraction of sp³-hybridized carbons (Fsp3) is 0.909. The molecule has 0 bridgehead atoms. The van der Waals surface area contributed by atoms with E-state index in [1.807, 2.05) is 0 Å². The minimum absolute atomic E-state index is 0.681. The van der Waals surface area contributed by atoms with Gasteiger partial charge in [-0.1, -0.05) is 13.3 Å². The summed E-state index contributed by atoms with van der Waals surface area (Å²) in [5, 5.41) is 8.53. The van der Waals surface area contributed by atoms with Crippen molar-refractivity contribution >= 4 is 0 Å². The second-order valence-corrected chi connectivity index (χ2v) is 4.10. The Kier molecular flexibility index (Phi) is 4.24. The summed E-state index contributed by atoms with van der Waals surface area (Å²) in [6.45, 7) is 6.72. The number of nitriles is 1. The second kappa shape index (κ2) is 5.24. The van der Waals surface area contributed by atoms with Crippen LogP contribution in [0, 0.1) is 17.2 Å². The molecule has 0 spiro atoms. The number of rotatable bonds is 3. The molecular weight excluding hydrogens is 160 g/mol. The quantitative estimate of drug-likeness (QED) is 0.667. The van der Waals surface area contributed by atoms with Crippen LogP contribution in [0.4, 0.5) is 0 Å². The molecule has 2 unspecified atom stereocenters. The van der Waals surface area contributed by atoms with E-state index in [2.05, 4.69) is 24.8 Å². The van der Waals surface area contributed by atoms with Gasteiger partial charge in [0.25, 0.3) is 0 Å². The van der Waals surface area contributed by atoms with Gasteiger partial charge in [-0.25, -0.2) is 0 Å². The summed E-state index contributed by atoms with van der Waals surface area (Å²) in [5.74, 6) is 0.870. The van der Waals surface area contributed by atoms with Gasteiger partial charge in [0, 0.05) is 25.6 Å². The van der Waals surface area contributed by atoms with Crippen molar-refractivity contribution in [1.82, 2.24) is 4.90 Å². The first kappa shape index (κ1) is 10.5. The fourth-order valence-corrected chi connectivity index (χ4v) is 2.10. The van der Waals surface area contributed by atoms with Crippen molar-refractivity contribution < 1.29 is 0 Å². The van der Waals surface area contributed by atoms with E-state index < -0.39 is 0 Å². The summed E-state index contributed by atoms with van der Waals surface area (Å²) in [6, 6.07) is 2.92. The highest BCUT2D eigenvalue weighted by Gasteiger charge is 2.23. The molecule has 1 heterocycles. The van der Waals surface area contributed by atoms with Crippen LogP contribution in [0.5, 0.6) is 0 Å². The van der Waals surface area contributed by atoms with Crippen molar-refractivity contribution in [2.45, 2.75) is 45.6 Å². The van der Waals surface area contributed by atoms with E-state index in [1.165, 1.54) is 25.8 Å². The first-order valence-electron chi connectivity index (χ1n) is 5.39. The Bertz CT molecular complexity index is 183. The molecule has 1 aliphatic rings. The predicted octanol–water partition coefficient (Wildman–Crippen LogP) is 2.41. The first-order chi connectivity index (χ1) is 6.27. The predicted molar refractivity (Wildman–Crippen MR) is 54.3 cm³/mol. The van der Waals surface area contributed by atoms with Crippen LogP contribution in [-0.2, 0) is 0 Å². The number of piperidine rings is 1. The van der Waals surface area contributed by atoms with E-state index in [0.717, 1.165) is 12.5 Å². The van der Waals surface area contributed by atoms with Gasteiger partial charge < -0.3 is 0 Å². The number of nitrogens with zero attached hydrogens (tertiary/aromatic N) is 2. The van der Waals surface area contributed by atoms with Crippen LogP contribution in [0.2, 0.25) is 0 Å². The van der Waals surface area contributed by atoms with Gasteiger partial charge in [-0.05, 0) is 25.7 Å². The SMILES string of the molecule is CCC1CCC(C)N(CCC#N)C1. The number of hydrogen-bond donors (Lipinski definition) is 0. The maximum Gasteiger partial charge on any atom is 0.0635 e. The highest BCUT2D eigenvalue weighted by molar-refractivity contribution is 4.81. The molecule has 0 N–H and O–H groups in total. The third-order valence-electron chi connectivity index (χ3n) is 3.20. The van der Waals surface area contributed by atoms with Gasteiger partial charge in [-0.3, -0.25) is 4.90 Å². The molecule has 0 aromatic rings. The van der Waals surface area contributed by atoms with E-state index in [-0.39, 0.29) is 0 Å². The highest BCUT2D eigenvalue weighted by atomic mass is 15.2. The lowest BCUT2D eigenvalue weighted by atomic mass is 9.91. The Morgan fingerprint density at radius 1 is 1.46 bits per heavy atom. The van der Waals surface area contributed by atoms with E-state index >= 15 is 0 Å². The van der Waals surface area contributed by atoms with E-state index in [4.69, 9.17) is 5.26 Å². The Balaban J connectivity index is 2.36. The van der Waals surface area contributed by atoms with Gasteiger partial charge in [-0.15, -0.1) is 0 Å². The fourth-order valence-electron chi connectivity index (χ4n) is 2.10. The van der Waals surface area contributed by atoms with E-state index in [1.54, 1.807) is 0 Å². The van der Waals surface area contributed by atoms with Gasteiger partial charge in [0.2, 0.25) is 0 Å². The molecule has 0 amide bonds. The molecule has 1 rings (SSSR count). The van der Waals surface area contributed by atoms with Crippen LogP contribution >= 0.6 is 0 Å². The Morgan fingerprint density at radius 2 is 2.23 bits per heavy atom. The van der Waals surface area contributed by atoms with E-state index in [0.29, 0.717) is 12.5 Å². The summed E-state index contributed by atoms with van der Waals surface area (Å²) >= 11 is 0. The lowest BCUT2D eigenvalue weighted by Gasteiger charge is -2.37. The average molecular weight is 180 g/mol. The number of likely N-dealkylation sites (tertiary alicyclic amines) is 1. The minimum atomic E-state index is 0.681. The third kappa shape index (κ3) is 3.00. The number of hydrogen-bond acceptors (Lipinski definition) is 2. The summed E-state index contributed by atoms with van der Waals surface area (Å²) in [7, 11) is 0. The summed E-state index contributed by atoms with van der Waals surface area (Å²) < 4.78 is 0. The molecule has 1 fully saturated rings. The second-order valence-electron chi connectivity index (χ2n) is 4.10. The molecule has 0 aromatic heterocycles. The lowest BCUT2D eigenvalue weighted by molar-refractivity contribution is 0.118. The Labute approximate surface area is 81.5 Å². The zero-order chi connectivity index (χ0) is 9.68. The monoisotopic (exact) mass is 180 g/mol. The van der Waals surface area contributed by atoms with Crippen LogP contribution < -0.4 is 0 Å². The molecule has 2 atom stereocenters. The van der Waals surface area contributed by atoms with Gasteiger partial charge in [0.1, 0.15) is 0 Å². The molecular formula is C11H20N2. The molecule has 0 aliphatic carbocycles. The van der Waals surface area contributed by atoms with Crippen LogP contribution in [0.1, 0.15) is 39.5 Å². The zero-order valence-electron chi connectivity index (χ0n) is 8.79. The smallest absolute Gasteiger partial charge is 0.0635 e. The van der Waals surface area contributed by atoms with Gasteiger partial charge >= 0.3 is 0 Å². The normalized spacial score (nSPS) is 29.9. The maximum atomic E-state index is 8.53. The van der Waals surface area contributed by atoms with Crippen LogP contribution in [0.3, 0.4) is 0 Å². The Hall–Kier alpha value is -0.550. The average Bonchev–Trinajstić information content (AvgIpc) is 2.17. The van der Waals surface area contributed by atoms with Crippen molar-refractivity contribution in [3.63, 3.8) is 0 Å². The van der Waals surface area contributed by atoms with Crippen molar-refractivity contribution in [3.05, 3.63) is 0 Å². The molecule has 1 saturated heterocycles. The summed E-state index contributed by atoms with van der Waals surface area (Å²) in [6.07, 6.45) is 4.65. The zero-order valence-corrected chi connectivity index (χ0v) is 8.79. The first-order valence-corrected chi connectivity index (χ1v) is 5.39. The molecule has 13 heavy (non-hydrogen) atoms. The van der Waals surface area contributed by atoms with Crippen molar-refractivity contribution in [2.75, 3.05) is 13.1 Å². The maximum absolute atomic E-state index is 8.53. The molecule has 2 heteroatoms. The molecule has 0 radical (unpaired) electrons. The third-order valence-corrected chi connectivity index (χ3v) is 3.20. The van der Waals surface area contributed by atoms with E-state index in [9.17, 15) is 0 Å². The standard InChI is InChI=1S/C11H20N2/c1-3-11-6-5-10(2)13(9-11)8-4-7-12/h10-11H,3-6,8-9H2,1-2H3. The van der Waals surface area contributed by atoms with Gasteiger partial charge in [0.05, 0.1) is 6.07 Å². The summed E-state index contributed by atoms with van der Waals surface area (Å²) in [5.41, 5.74) is 0. The highest BCUT2D eigenvalue weighted by Crippen LogP contribution is 2.23. The topological polar surface area (TPSA) is 27.0 Å². The molecule has 0 saturated carbocycles. The van der Waals surface area contributed by atoms with Crippen molar-refractivity contribution in [3.8, 4) is 6.07 Å². The van der Waals surface area contributed by atoms with Gasteiger partial charge in [-0.2, -0.15) is 5.26 Å². The van der Waals surface area contributed by atoms with Crippen molar-refractivity contribution in [2.24, 2.45) is 5.92 Å². The van der Waals surface area contributed by atoms with Crippen molar-refractivity contribution in [1.29, 1.82) is 5.26 Å². The minimum Gasteiger partial charge on any atom is -0.299 e. The largest absolute Gasteiger partial charge is 0.299 e. The van der Waals surface area contributed by atoms with Gasteiger partial charge in [0.15, 0.2) is 0 Å². The van der Waals surface area contributed by atoms with Crippen LogP contribution in [-0.4, -0.2) is 24.0 Å².